The number of esters is 1. The summed E-state index contributed by atoms with van der Waals surface area (Å²) in [7, 11) is -4.08. The van der Waals surface area contributed by atoms with Gasteiger partial charge in [0.1, 0.15) is 5.82 Å². The van der Waals surface area contributed by atoms with Crippen molar-refractivity contribution in [3.05, 3.63) is 29.1 Å². The van der Waals surface area contributed by atoms with Gasteiger partial charge in [0.25, 0.3) is 0 Å². The monoisotopic (exact) mass is 301 g/mol. The topological polar surface area (TPSA) is 86.5 Å². The minimum absolute atomic E-state index is 0.102. The smallest absolute Gasteiger partial charge is 0.338 e. The molecule has 2 N–H and O–H groups in total. The van der Waals surface area contributed by atoms with Gasteiger partial charge >= 0.3 is 5.97 Å². The van der Waals surface area contributed by atoms with Crippen molar-refractivity contribution in [2.24, 2.45) is 11.1 Å². The number of primary sulfonamides is 1. The van der Waals surface area contributed by atoms with Gasteiger partial charge in [-0.1, -0.05) is 12.8 Å². The largest absolute Gasteiger partial charge is 0.462 e. The van der Waals surface area contributed by atoms with Crippen LogP contribution in [0, 0.1) is 18.7 Å². The normalized spacial score (nSPS) is 15.2. The van der Waals surface area contributed by atoms with E-state index >= 15 is 0 Å². The van der Waals surface area contributed by atoms with Gasteiger partial charge in [0.2, 0.25) is 10.0 Å². The number of sulfonamides is 1. The molecule has 5 nitrogen and oxygen atoms in total. The Labute approximate surface area is 117 Å². The van der Waals surface area contributed by atoms with Crippen molar-refractivity contribution in [3.63, 3.8) is 0 Å². The van der Waals surface area contributed by atoms with Gasteiger partial charge in [-0.15, -0.1) is 0 Å². The van der Waals surface area contributed by atoms with Crippen LogP contribution in [0.4, 0.5) is 4.39 Å². The number of nitrogens with two attached hydrogens (primary N) is 1. The molecule has 1 aliphatic carbocycles. The summed E-state index contributed by atoms with van der Waals surface area (Å²) in [4.78, 5) is 11.5. The molecule has 0 amide bonds. The molecule has 1 aliphatic rings. The maximum Gasteiger partial charge on any atom is 0.338 e. The Morgan fingerprint density at radius 3 is 2.65 bits per heavy atom. The molecule has 7 heteroatoms. The van der Waals surface area contributed by atoms with Gasteiger partial charge in [-0.2, -0.15) is 0 Å². The molecule has 0 atom stereocenters. The molecule has 1 fully saturated rings. The Morgan fingerprint density at radius 1 is 1.45 bits per heavy atom. The van der Waals surface area contributed by atoms with E-state index in [0.29, 0.717) is 5.92 Å². The molecular formula is C13H16FNO4S. The van der Waals surface area contributed by atoms with Gasteiger partial charge in [-0.25, -0.2) is 22.7 Å². The highest BCUT2D eigenvalue weighted by Crippen LogP contribution is 2.32. The summed E-state index contributed by atoms with van der Waals surface area (Å²) in [6, 6.07) is 1.76. The molecule has 110 valence electrons. The summed E-state index contributed by atoms with van der Waals surface area (Å²) in [5.41, 5.74) is -0.00450. The van der Waals surface area contributed by atoms with Crippen LogP contribution in [-0.4, -0.2) is 21.0 Å². The van der Waals surface area contributed by atoms with Crippen LogP contribution >= 0.6 is 0 Å². The SMILES string of the molecule is Cc1c(C(=O)OCCC2CC2)cc(F)cc1S(N)(=O)=O. The summed E-state index contributed by atoms with van der Waals surface area (Å²) >= 11 is 0. The second kappa shape index (κ2) is 5.49. The Balaban J connectivity index is 2.21. The van der Waals surface area contributed by atoms with E-state index in [0.717, 1.165) is 31.4 Å². The number of ether oxygens (including phenoxy) is 1. The quantitative estimate of drug-likeness (QED) is 0.839. The van der Waals surface area contributed by atoms with Gasteiger partial charge in [-0.05, 0) is 37.0 Å². The lowest BCUT2D eigenvalue weighted by Crippen LogP contribution is -2.17. The molecule has 2 rings (SSSR count). The van der Waals surface area contributed by atoms with Crippen molar-refractivity contribution in [2.75, 3.05) is 6.61 Å². The van der Waals surface area contributed by atoms with E-state index < -0.39 is 26.7 Å². The predicted molar refractivity (Wildman–Crippen MR) is 70.1 cm³/mol. The van der Waals surface area contributed by atoms with Gasteiger partial charge in [0.05, 0.1) is 17.1 Å². The first kappa shape index (κ1) is 14.9. The molecule has 0 saturated heterocycles. The average Bonchev–Trinajstić information content (AvgIpc) is 3.14. The van der Waals surface area contributed by atoms with E-state index in [2.05, 4.69) is 0 Å². The van der Waals surface area contributed by atoms with Gasteiger partial charge in [0, 0.05) is 0 Å². The molecule has 0 heterocycles. The number of carbonyl (C=O) groups is 1. The summed E-state index contributed by atoms with van der Waals surface area (Å²) < 4.78 is 41.2. The number of benzene rings is 1. The molecule has 1 aromatic rings. The lowest BCUT2D eigenvalue weighted by atomic mass is 10.1. The first-order valence-corrected chi connectivity index (χ1v) is 7.83. The highest BCUT2D eigenvalue weighted by Gasteiger charge is 2.23. The van der Waals surface area contributed by atoms with Crippen molar-refractivity contribution in [3.8, 4) is 0 Å². The van der Waals surface area contributed by atoms with Crippen LogP contribution in [0.25, 0.3) is 0 Å². The van der Waals surface area contributed by atoms with Crippen molar-refractivity contribution < 1.29 is 22.3 Å². The van der Waals surface area contributed by atoms with Crippen LogP contribution < -0.4 is 5.14 Å². The second-order valence-electron chi connectivity index (χ2n) is 4.99. The minimum Gasteiger partial charge on any atom is -0.462 e. The molecule has 0 aromatic heterocycles. The molecule has 0 aliphatic heterocycles. The van der Waals surface area contributed by atoms with Crippen molar-refractivity contribution in [1.82, 2.24) is 0 Å². The van der Waals surface area contributed by atoms with Crippen LogP contribution in [0.2, 0.25) is 0 Å². The number of carbonyl (C=O) groups excluding carboxylic acids is 1. The zero-order chi connectivity index (χ0) is 14.9. The van der Waals surface area contributed by atoms with Crippen LogP contribution in [0.1, 0.15) is 35.2 Å². The Morgan fingerprint density at radius 2 is 2.10 bits per heavy atom. The fraction of sp³-hybridized carbons (Fsp3) is 0.462. The van der Waals surface area contributed by atoms with Crippen molar-refractivity contribution in [2.45, 2.75) is 31.1 Å². The van der Waals surface area contributed by atoms with E-state index in [1.165, 1.54) is 6.92 Å². The average molecular weight is 301 g/mol. The third kappa shape index (κ3) is 3.55. The zero-order valence-electron chi connectivity index (χ0n) is 11.1. The molecule has 1 saturated carbocycles. The van der Waals surface area contributed by atoms with E-state index in [1.807, 2.05) is 0 Å². The molecule has 0 radical (unpaired) electrons. The summed E-state index contributed by atoms with van der Waals surface area (Å²) in [5, 5.41) is 5.00. The number of halogens is 1. The molecule has 20 heavy (non-hydrogen) atoms. The zero-order valence-corrected chi connectivity index (χ0v) is 11.9. The predicted octanol–water partition coefficient (Wildman–Crippen LogP) is 1.74. The molecule has 0 spiro atoms. The van der Waals surface area contributed by atoms with Gasteiger partial charge in [-0.3, -0.25) is 0 Å². The fourth-order valence-electron chi connectivity index (χ4n) is 1.96. The first-order valence-electron chi connectivity index (χ1n) is 6.29. The molecule has 1 aromatic carbocycles. The first-order chi connectivity index (χ1) is 9.29. The lowest BCUT2D eigenvalue weighted by Gasteiger charge is -2.10. The number of rotatable bonds is 5. The lowest BCUT2D eigenvalue weighted by molar-refractivity contribution is 0.0493. The third-order valence-corrected chi connectivity index (χ3v) is 4.34. The standard InChI is InChI=1S/C13H16FNO4S/c1-8-11(13(16)19-5-4-9-2-3-9)6-10(14)7-12(8)20(15,17)18/h6-7,9H,2-5H2,1H3,(H2,15,17,18). The highest BCUT2D eigenvalue weighted by molar-refractivity contribution is 7.89. The molecular weight excluding hydrogens is 285 g/mol. The summed E-state index contributed by atoms with van der Waals surface area (Å²) in [6.07, 6.45) is 3.07. The summed E-state index contributed by atoms with van der Waals surface area (Å²) in [5.74, 6) is -0.960. The van der Waals surface area contributed by atoms with E-state index in [4.69, 9.17) is 9.88 Å². The van der Waals surface area contributed by atoms with Crippen molar-refractivity contribution >= 4 is 16.0 Å². The number of hydrogen-bond donors (Lipinski definition) is 1. The van der Waals surface area contributed by atoms with E-state index in [-0.39, 0.29) is 17.7 Å². The fourth-order valence-corrected chi connectivity index (χ4v) is 2.78. The van der Waals surface area contributed by atoms with E-state index in [1.54, 1.807) is 0 Å². The maximum absolute atomic E-state index is 13.4. The van der Waals surface area contributed by atoms with Gasteiger partial charge in [0.15, 0.2) is 0 Å². The van der Waals surface area contributed by atoms with Crippen LogP contribution in [0.5, 0.6) is 0 Å². The van der Waals surface area contributed by atoms with Crippen LogP contribution in [-0.2, 0) is 14.8 Å². The molecule has 0 unspecified atom stereocenters. The minimum atomic E-state index is -4.08. The second-order valence-corrected chi connectivity index (χ2v) is 6.52. The Hall–Kier alpha value is -1.47. The van der Waals surface area contributed by atoms with Gasteiger partial charge < -0.3 is 4.74 Å². The Kier molecular flexibility index (Phi) is 4.10. The number of hydrogen-bond acceptors (Lipinski definition) is 4. The van der Waals surface area contributed by atoms with E-state index in [9.17, 15) is 17.6 Å². The maximum atomic E-state index is 13.4. The summed E-state index contributed by atoms with van der Waals surface area (Å²) in [6.45, 7) is 1.65. The molecule has 0 bridgehead atoms. The Bertz CT molecular complexity index is 638. The van der Waals surface area contributed by atoms with Crippen molar-refractivity contribution in [1.29, 1.82) is 0 Å². The third-order valence-electron chi connectivity index (χ3n) is 3.31. The highest BCUT2D eigenvalue weighted by atomic mass is 32.2. The van der Waals surface area contributed by atoms with Crippen LogP contribution in [0.3, 0.4) is 0 Å². The van der Waals surface area contributed by atoms with Crippen LogP contribution in [0.15, 0.2) is 17.0 Å².